The molecule has 1 heterocycles. The van der Waals surface area contributed by atoms with Gasteiger partial charge in [0.25, 0.3) is 15.9 Å². The number of carbonyl (C=O) groups is 2. The molecule has 35 heavy (non-hydrogen) atoms. The molecule has 0 aromatic heterocycles. The summed E-state index contributed by atoms with van der Waals surface area (Å²) in [5.41, 5.74) is 2.38. The molecule has 3 aromatic carbocycles. The van der Waals surface area contributed by atoms with E-state index in [4.69, 9.17) is 9.47 Å². The van der Waals surface area contributed by atoms with Crippen molar-refractivity contribution in [3.63, 3.8) is 0 Å². The summed E-state index contributed by atoms with van der Waals surface area (Å²) < 4.78 is 38.9. The molecule has 0 saturated carbocycles. The Bertz CT molecular complexity index is 1400. The van der Waals surface area contributed by atoms with Crippen LogP contribution in [0.15, 0.2) is 65.6 Å². The molecule has 0 atom stereocenters. The quantitative estimate of drug-likeness (QED) is 0.517. The van der Waals surface area contributed by atoms with Crippen LogP contribution in [0.2, 0.25) is 0 Å². The van der Waals surface area contributed by atoms with Gasteiger partial charge in [-0.2, -0.15) is 0 Å². The molecule has 0 bridgehead atoms. The second-order valence-corrected chi connectivity index (χ2v) is 9.73. The van der Waals surface area contributed by atoms with Crippen LogP contribution < -0.4 is 24.4 Å². The second kappa shape index (κ2) is 9.67. The fraction of sp³-hybridized carbons (Fsp3) is 0.200. The highest BCUT2D eigenvalue weighted by molar-refractivity contribution is 7.92. The third-order valence-electron chi connectivity index (χ3n) is 5.62. The van der Waals surface area contributed by atoms with Crippen molar-refractivity contribution in [2.75, 3.05) is 35.7 Å². The van der Waals surface area contributed by atoms with E-state index >= 15 is 0 Å². The van der Waals surface area contributed by atoms with Gasteiger partial charge in [0, 0.05) is 19.2 Å². The Morgan fingerprint density at radius 2 is 1.63 bits per heavy atom. The number of methoxy groups -OCH3 is 2. The predicted octanol–water partition coefficient (Wildman–Crippen LogP) is 3.67. The van der Waals surface area contributed by atoms with Crippen molar-refractivity contribution in [3.8, 4) is 11.5 Å². The van der Waals surface area contributed by atoms with Crippen LogP contribution in [0, 0.1) is 0 Å². The zero-order chi connectivity index (χ0) is 25.2. The van der Waals surface area contributed by atoms with Crippen molar-refractivity contribution in [3.05, 3.63) is 71.8 Å². The summed E-state index contributed by atoms with van der Waals surface area (Å²) >= 11 is 0. The lowest BCUT2D eigenvalue weighted by Gasteiger charge is -2.20. The minimum Gasteiger partial charge on any atom is -0.496 e. The molecule has 2 amide bonds. The van der Waals surface area contributed by atoms with E-state index in [1.807, 2.05) is 12.1 Å². The molecule has 182 valence electrons. The molecule has 0 unspecified atom stereocenters. The van der Waals surface area contributed by atoms with Crippen LogP contribution in [0.3, 0.4) is 0 Å². The standard InChI is InChI=1S/C25H25N3O6S/c1-16(29)26-18-8-10-24(34-3)21(14-18)27-25(30)20-15-19(9-11-23(20)33-2)35(31,32)28-13-12-17-6-4-5-7-22(17)28/h4-11,14-15H,12-13H2,1-3H3,(H,26,29)(H,27,30). The smallest absolute Gasteiger partial charge is 0.264 e. The highest BCUT2D eigenvalue weighted by atomic mass is 32.2. The number of hydrogen-bond donors (Lipinski definition) is 2. The maximum absolute atomic E-state index is 13.5. The number of fused-ring (bicyclic) bond motifs is 1. The normalized spacial score (nSPS) is 12.6. The summed E-state index contributed by atoms with van der Waals surface area (Å²) in [4.78, 5) is 24.6. The van der Waals surface area contributed by atoms with Gasteiger partial charge in [0.1, 0.15) is 11.5 Å². The van der Waals surface area contributed by atoms with Gasteiger partial charge in [-0.25, -0.2) is 8.42 Å². The number of rotatable bonds is 7. The number of nitrogens with zero attached hydrogens (tertiary/aromatic N) is 1. The minimum atomic E-state index is -3.91. The third kappa shape index (κ3) is 4.78. The molecule has 1 aliphatic heterocycles. The number of amides is 2. The van der Waals surface area contributed by atoms with Crippen molar-refractivity contribution >= 4 is 38.9 Å². The maximum atomic E-state index is 13.5. The average molecular weight is 496 g/mol. The Labute approximate surface area is 203 Å². The Kier molecular flexibility index (Phi) is 6.65. The Hall–Kier alpha value is -4.05. The first-order chi connectivity index (χ1) is 16.7. The zero-order valence-corrected chi connectivity index (χ0v) is 20.3. The number of anilines is 3. The average Bonchev–Trinajstić information content (AvgIpc) is 3.28. The number of sulfonamides is 1. The lowest BCUT2D eigenvalue weighted by molar-refractivity contribution is -0.114. The van der Waals surface area contributed by atoms with E-state index in [0.29, 0.717) is 35.8 Å². The van der Waals surface area contributed by atoms with Crippen LogP contribution in [0.1, 0.15) is 22.8 Å². The number of benzene rings is 3. The van der Waals surface area contributed by atoms with Crippen molar-refractivity contribution in [1.29, 1.82) is 0 Å². The Morgan fingerprint density at radius 1 is 0.914 bits per heavy atom. The van der Waals surface area contributed by atoms with E-state index in [9.17, 15) is 18.0 Å². The summed E-state index contributed by atoms with van der Waals surface area (Å²) in [6.07, 6.45) is 0.614. The lowest BCUT2D eigenvalue weighted by atomic mass is 10.1. The highest BCUT2D eigenvalue weighted by Gasteiger charge is 2.31. The number of ether oxygens (including phenoxy) is 2. The van der Waals surface area contributed by atoms with Crippen LogP contribution in [-0.4, -0.2) is 41.0 Å². The van der Waals surface area contributed by atoms with E-state index < -0.39 is 15.9 Å². The van der Waals surface area contributed by atoms with E-state index in [1.165, 1.54) is 43.6 Å². The fourth-order valence-electron chi connectivity index (χ4n) is 3.99. The van der Waals surface area contributed by atoms with Gasteiger partial charge in [0.15, 0.2) is 0 Å². The zero-order valence-electron chi connectivity index (χ0n) is 19.5. The SMILES string of the molecule is COc1ccc(NC(C)=O)cc1NC(=O)c1cc(S(=O)(=O)N2CCc3ccccc32)ccc1OC. The summed E-state index contributed by atoms with van der Waals surface area (Å²) in [5.74, 6) is -0.293. The molecule has 2 N–H and O–H groups in total. The predicted molar refractivity (Wildman–Crippen MR) is 133 cm³/mol. The van der Waals surface area contributed by atoms with E-state index in [0.717, 1.165) is 5.56 Å². The lowest BCUT2D eigenvalue weighted by Crippen LogP contribution is -2.29. The Balaban J connectivity index is 1.69. The van der Waals surface area contributed by atoms with E-state index in [2.05, 4.69) is 10.6 Å². The molecule has 1 aliphatic rings. The van der Waals surface area contributed by atoms with Crippen molar-refractivity contribution in [2.45, 2.75) is 18.2 Å². The summed E-state index contributed by atoms with van der Waals surface area (Å²) in [6, 6.07) is 16.3. The van der Waals surface area contributed by atoms with Gasteiger partial charge in [-0.1, -0.05) is 18.2 Å². The molecular formula is C25H25N3O6S. The monoisotopic (exact) mass is 495 g/mol. The maximum Gasteiger partial charge on any atom is 0.264 e. The van der Waals surface area contributed by atoms with Gasteiger partial charge in [0.05, 0.1) is 36.1 Å². The van der Waals surface area contributed by atoms with Gasteiger partial charge in [-0.05, 0) is 54.4 Å². The number of nitrogens with one attached hydrogen (secondary N) is 2. The number of hydrogen-bond acceptors (Lipinski definition) is 6. The molecule has 0 aliphatic carbocycles. The van der Waals surface area contributed by atoms with Crippen molar-refractivity contribution in [1.82, 2.24) is 0 Å². The first kappa shape index (κ1) is 24.1. The molecular weight excluding hydrogens is 470 g/mol. The van der Waals surface area contributed by atoms with Crippen LogP contribution in [-0.2, 0) is 21.2 Å². The second-order valence-electron chi connectivity index (χ2n) is 7.87. The number of carbonyl (C=O) groups excluding carboxylic acids is 2. The minimum absolute atomic E-state index is 0.0286. The van der Waals surface area contributed by atoms with Crippen LogP contribution >= 0.6 is 0 Å². The van der Waals surface area contributed by atoms with Crippen molar-refractivity contribution < 1.29 is 27.5 Å². The van der Waals surface area contributed by atoms with Crippen LogP contribution in [0.5, 0.6) is 11.5 Å². The summed E-state index contributed by atoms with van der Waals surface area (Å²) in [5, 5.41) is 5.37. The van der Waals surface area contributed by atoms with Crippen molar-refractivity contribution in [2.24, 2.45) is 0 Å². The Morgan fingerprint density at radius 3 is 2.34 bits per heavy atom. The molecule has 0 radical (unpaired) electrons. The molecule has 0 spiro atoms. The summed E-state index contributed by atoms with van der Waals surface area (Å²) in [6.45, 7) is 1.69. The van der Waals surface area contributed by atoms with Gasteiger partial charge >= 0.3 is 0 Å². The summed E-state index contributed by atoms with van der Waals surface area (Å²) in [7, 11) is -1.07. The topological polar surface area (TPSA) is 114 Å². The van der Waals surface area contributed by atoms with Gasteiger partial charge in [-0.15, -0.1) is 0 Å². The molecule has 4 rings (SSSR count). The van der Waals surface area contributed by atoms with Crippen LogP contribution in [0.4, 0.5) is 17.1 Å². The third-order valence-corrected chi connectivity index (χ3v) is 7.43. The van der Waals surface area contributed by atoms with Gasteiger partial charge < -0.3 is 20.1 Å². The highest BCUT2D eigenvalue weighted by Crippen LogP contribution is 2.34. The van der Waals surface area contributed by atoms with E-state index in [1.54, 1.807) is 30.3 Å². The molecule has 0 saturated heterocycles. The van der Waals surface area contributed by atoms with Gasteiger partial charge in [-0.3, -0.25) is 13.9 Å². The first-order valence-corrected chi connectivity index (χ1v) is 12.2. The molecule has 10 heteroatoms. The largest absolute Gasteiger partial charge is 0.496 e. The molecule has 9 nitrogen and oxygen atoms in total. The van der Waals surface area contributed by atoms with Crippen LogP contribution in [0.25, 0.3) is 0 Å². The van der Waals surface area contributed by atoms with Gasteiger partial charge in [0.2, 0.25) is 5.91 Å². The van der Waals surface area contributed by atoms with E-state index in [-0.39, 0.29) is 22.1 Å². The first-order valence-electron chi connectivity index (χ1n) is 10.8. The molecule has 3 aromatic rings. The molecule has 0 fully saturated rings. The fourth-order valence-corrected chi connectivity index (χ4v) is 5.52. The number of para-hydroxylation sites is 1.